The zero-order chi connectivity index (χ0) is 16.4. The van der Waals surface area contributed by atoms with Crippen LogP contribution in [0.3, 0.4) is 0 Å². The fourth-order valence-corrected chi connectivity index (χ4v) is 1.28. The molecule has 1 heterocycles. The van der Waals surface area contributed by atoms with Crippen LogP contribution in [-0.2, 0) is 23.9 Å². The highest BCUT2D eigenvalue weighted by Gasteiger charge is 2.10. The van der Waals surface area contributed by atoms with E-state index in [1.54, 1.807) is 18.3 Å². The molecule has 0 N–H and O–H groups in total. The van der Waals surface area contributed by atoms with Crippen LogP contribution in [-0.4, -0.2) is 36.1 Å². The van der Waals surface area contributed by atoms with Crippen molar-refractivity contribution in [1.29, 1.82) is 0 Å². The lowest BCUT2D eigenvalue weighted by molar-refractivity contribution is -0.151. The summed E-state index contributed by atoms with van der Waals surface area (Å²) in [4.78, 5) is 37.7. The van der Waals surface area contributed by atoms with Gasteiger partial charge in [0.15, 0.2) is 0 Å². The summed E-state index contributed by atoms with van der Waals surface area (Å²) in [6.45, 7) is 4.80. The molecule has 0 aliphatic heterocycles. The topological polar surface area (TPSA) is 91.8 Å². The highest BCUT2D eigenvalue weighted by Crippen LogP contribution is 2.08. The first-order valence-electron chi connectivity index (χ1n) is 6.58. The van der Waals surface area contributed by atoms with Crippen LogP contribution in [0, 0.1) is 0 Å². The van der Waals surface area contributed by atoms with Crippen LogP contribution in [0.25, 0.3) is 0 Å². The van der Waals surface area contributed by atoms with Crippen LogP contribution >= 0.6 is 0 Å². The zero-order valence-electron chi connectivity index (χ0n) is 12.2. The summed E-state index contributed by atoms with van der Waals surface area (Å²) in [5, 5.41) is 0. The summed E-state index contributed by atoms with van der Waals surface area (Å²) >= 11 is 0. The van der Waals surface area contributed by atoms with Crippen molar-refractivity contribution in [3.8, 4) is 5.75 Å². The molecule has 1 rings (SSSR count). The first-order valence-corrected chi connectivity index (χ1v) is 6.58. The first kappa shape index (κ1) is 17.4. The molecule has 0 spiro atoms. The van der Waals surface area contributed by atoms with E-state index in [0.717, 1.165) is 0 Å². The molecule has 7 nitrogen and oxygen atoms in total. The fourth-order valence-electron chi connectivity index (χ4n) is 1.28. The lowest BCUT2D eigenvalue weighted by atomic mass is 10.3. The van der Waals surface area contributed by atoms with Crippen LogP contribution in [0.15, 0.2) is 36.7 Å². The van der Waals surface area contributed by atoms with Crippen molar-refractivity contribution < 1.29 is 28.6 Å². The molecular weight excluding hydrogens is 290 g/mol. The molecule has 1 aromatic rings. The highest BCUT2D eigenvalue weighted by atomic mass is 16.6. The number of carbonyl (C=O) groups is 3. The maximum atomic E-state index is 11.5. The highest BCUT2D eigenvalue weighted by molar-refractivity contribution is 5.86. The summed E-state index contributed by atoms with van der Waals surface area (Å²) in [6.07, 6.45) is 2.72. The summed E-state index contributed by atoms with van der Waals surface area (Å²) in [6, 6.07) is 3.21. The normalized spacial score (nSPS) is 9.68. The number of aromatic nitrogens is 1. The van der Waals surface area contributed by atoms with E-state index >= 15 is 0 Å². The first-order chi connectivity index (χ1) is 10.5. The quantitative estimate of drug-likeness (QED) is 0.407. The Hall–Kier alpha value is -2.70. The predicted octanol–water partition coefficient (Wildman–Crippen LogP) is 1.43. The van der Waals surface area contributed by atoms with Gasteiger partial charge in [0.1, 0.15) is 19.0 Å². The van der Waals surface area contributed by atoms with Crippen LogP contribution in [0.4, 0.5) is 0 Å². The Morgan fingerprint density at radius 3 is 2.45 bits per heavy atom. The van der Waals surface area contributed by atoms with Gasteiger partial charge in [-0.3, -0.25) is 14.6 Å². The molecule has 1 aromatic heterocycles. The predicted molar refractivity (Wildman–Crippen MR) is 75.8 cm³/mol. The van der Waals surface area contributed by atoms with Gasteiger partial charge in [-0.25, -0.2) is 4.79 Å². The molecule has 0 radical (unpaired) electrons. The van der Waals surface area contributed by atoms with E-state index in [-0.39, 0.29) is 31.6 Å². The van der Waals surface area contributed by atoms with E-state index in [0.29, 0.717) is 5.75 Å². The zero-order valence-corrected chi connectivity index (χ0v) is 12.2. The molecule has 118 valence electrons. The molecule has 0 atom stereocenters. The Morgan fingerprint density at radius 2 is 1.82 bits per heavy atom. The van der Waals surface area contributed by atoms with Crippen molar-refractivity contribution in [3.05, 3.63) is 36.7 Å². The molecule has 0 saturated carbocycles. The molecule has 7 heteroatoms. The number of carbonyl (C=O) groups excluding carboxylic acids is 3. The summed E-state index contributed by atoms with van der Waals surface area (Å²) in [5.41, 5.74) is 0.268. The number of esters is 3. The Kier molecular flexibility index (Phi) is 7.32. The minimum atomic E-state index is -0.575. The van der Waals surface area contributed by atoms with E-state index in [9.17, 15) is 14.4 Å². The van der Waals surface area contributed by atoms with Crippen molar-refractivity contribution in [1.82, 2.24) is 4.98 Å². The molecule has 0 bridgehead atoms. The Bertz CT molecular complexity index is 540. The number of ether oxygens (including phenoxy) is 3. The second-order valence-corrected chi connectivity index (χ2v) is 4.30. The van der Waals surface area contributed by atoms with Crippen molar-refractivity contribution >= 4 is 17.9 Å². The van der Waals surface area contributed by atoms with E-state index in [4.69, 9.17) is 14.2 Å². The van der Waals surface area contributed by atoms with Gasteiger partial charge in [0.25, 0.3) is 0 Å². The monoisotopic (exact) mass is 307 g/mol. The van der Waals surface area contributed by atoms with E-state index < -0.39 is 17.9 Å². The molecule has 0 saturated heterocycles. The lowest BCUT2D eigenvalue weighted by Crippen LogP contribution is -2.16. The van der Waals surface area contributed by atoms with Gasteiger partial charge >= 0.3 is 17.9 Å². The molecule has 0 aliphatic carbocycles. The van der Waals surface area contributed by atoms with Crippen molar-refractivity contribution in [2.75, 3.05) is 13.2 Å². The lowest BCUT2D eigenvalue weighted by Gasteiger charge is -2.06. The average Bonchev–Trinajstić information content (AvgIpc) is 2.50. The van der Waals surface area contributed by atoms with E-state index in [1.165, 1.54) is 13.1 Å². The number of rotatable bonds is 8. The Morgan fingerprint density at radius 1 is 1.14 bits per heavy atom. The second kappa shape index (κ2) is 9.28. The van der Waals surface area contributed by atoms with Crippen molar-refractivity contribution in [2.45, 2.75) is 19.8 Å². The molecule has 0 aliphatic rings. The molecular formula is C15H17NO6. The maximum Gasteiger partial charge on any atom is 0.333 e. The molecule has 0 unspecified atom stereocenters. The van der Waals surface area contributed by atoms with Gasteiger partial charge in [-0.2, -0.15) is 0 Å². The van der Waals surface area contributed by atoms with Crippen LogP contribution in [0.5, 0.6) is 5.75 Å². The second-order valence-electron chi connectivity index (χ2n) is 4.30. The van der Waals surface area contributed by atoms with Crippen LogP contribution < -0.4 is 4.74 Å². The molecule has 0 aromatic carbocycles. The SMILES string of the molecule is C=C(C)C(=O)OCCOC(=O)CCC(=O)Oc1cccnc1. The number of hydrogen-bond acceptors (Lipinski definition) is 7. The van der Waals surface area contributed by atoms with Crippen molar-refractivity contribution in [2.24, 2.45) is 0 Å². The Labute approximate surface area is 127 Å². The smallest absolute Gasteiger partial charge is 0.333 e. The number of nitrogens with zero attached hydrogens (tertiary/aromatic N) is 1. The van der Waals surface area contributed by atoms with Gasteiger partial charge < -0.3 is 14.2 Å². The minimum Gasteiger partial charge on any atom is -0.462 e. The van der Waals surface area contributed by atoms with E-state index in [1.807, 2.05) is 0 Å². The van der Waals surface area contributed by atoms with Gasteiger partial charge in [-0.05, 0) is 19.1 Å². The number of hydrogen-bond donors (Lipinski definition) is 0. The largest absolute Gasteiger partial charge is 0.462 e. The van der Waals surface area contributed by atoms with Gasteiger partial charge in [0.05, 0.1) is 19.0 Å². The third-order valence-electron chi connectivity index (χ3n) is 2.33. The van der Waals surface area contributed by atoms with Gasteiger partial charge in [0, 0.05) is 11.8 Å². The van der Waals surface area contributed by atoms with Gasteiger partial charge in [0.2, 0.25) is 0 Å². The average molecular weight is 307 g/mol. The van der Waals surface area contributed by atoms with Crippen LogP contribution in [0.1, 0.15) is 19.8 Å². The third-order valence-corrected chi connectivity index (χ3v) is 2.33. The summed E-state index contributed by atoms with van der Waals surface area (Å²) in [5.74, 6) is -1.36. The van der Waals surface area contributed by atoms with Crippen molar-refractivity contribution in [3.63, 3.8) is 0 Å². The minimum absolute atomic E-state index is 0.0580. The fraction of sp³-hybridized carbons (Fsp3) is 0.333. The standard InChI is InChI=1S/C15H17NO6/c1-11(2)15(19)21-9-8-20-13(17)5-6-14(18)22-12-4-3-7-16-10-12/h3-4,7,10H,1,5-6,8-9H2,2H3. The molecule has 0 fully saturated rings. The summed E-state index contributed by atoms with van der Waals surface area (Å²) in [7, 11) is 0. The van der Waals surface area contributed by atoms with Gasteiger partial charge in [-0.15, -0.1) is 0 Å². The van der Waals surface area contributed by atoms with Crippen LogP contribution in [0.2, 0.25) is 0 Å². The molecule has 0 amide bonds. The Balaban J connectivity index is 2.14. The van der Waals surface area contributed by atoms with Gasteiger partial charge in [-0.1, -0.05) is 6.58 Å². The number of pyridine rings is 1. The van der Waals surface area contributed by atoms with E-state index in [2.05, 4.69) is 11.6 Å². The molecule has 22 heavy (non-hydrogen) atoms. The third kappa shape index (κ3) is 7.18. The maximum absolute atomic E-state index is 11.5. The summed E-state index contributed by atoms with van der Waals surface area (Å²) < 4.78 is 14.5.